The molecule has 0 N–H and O–H groups in total. The first-order valence-corrected chi connectivity index (χ1v) is 20.1. The second-order valence-corrected chi connectivity index (χ2v) is 15.2. The molecule has 7 aromatic rings. The molecule has 0 aliphatic heterocycles. The number of halogens is 1. The smallest absolute Gasteiger partial charge is 0.164 e. The predicted octanol–water partition coefficient (Wildman–Crippen LogP) is 11.3. The minimum absolute atomic E-state index is 0.485. The molecule has 6 aromatic carbocycles. The molecule has 0 amide bonds. The summed E-state index contributed by atoms with van der Waals surface area (Å²) in [5.74, 6) is 2.12. The van der Waals surface area contributed by atoms with Crippen LogP contribution in [0.25, 0.3) is 34.2 Å². The van der Waals surface area contributed by atoms with Crippen molar-refractivity contribution in [1.82, 2.24) is 15.0 Å². The van der Waals surface area contributed by atoms with E-state index in [-0.39, 0.29) is 0 Å². The van der Waals surface area contributed by atoms with Gasteiger partial charge in [-0.05, 0) is 86.5 Å². The molecule has 0 saturated heterocycles. The van der Waals surface area contributed by atoms with E-state index < -0.39 is 0 Å². The van der Waals surface area contributed by atoms with Crippen LogP contribution in [-0.4, -0.2) is 52.2 Å². The zero-order valence-electron chi connectivity index (χ0n) is 32.8. The molecule has 0 fully saturated rings. The van der Waals surface area contributed by atoms with E-state index in [4.69, 9.17) is 15.0 Å². The lowest BCUT2D eigenvalue weighted by atomic mass is 10.0. The minimum Gasteiger partial charge on any atom is -0.208 e. The topological polar surface area (TPSA) is 113 Å². The van der Waals surface area contributed by atoms with E-state index in [0.29, 0.717) is 23.4 Å². The fraction of sp³-hybridized carbons (Fsp3) is 0.0816. The van der Waals surface area contributed by atoms with Crippen molar-refractivity contribution in [3.8, 4) is 34.2 Å². The number of nitrogens with zero attached hydrogens (tertiary/aromatic N) is 9. The van der Waals surface area contributed by atoms with Crippen LogP contribution in [0.3, 0.4) is 0 Å². The van der Waals surface area contributed by atoms with Crippen molar-refractivity contribution >= 4 is 59.9 Å². The molecule has 0 unspecified atom stereocenters. The van der Waals surface area contributed by atoms with Crippen LogP contribution < -0.4 is 0 Å². The van der Waals surface area contributed by atoms with Crippen molar-refractivity contribution in [3.63, 3.8) is 0 Å². The van der Waals surface area contributed by atoms with Crippen molar-refractivity contribution in [2.24, 2.45) is 30.6 Å². The number of aromatic nitrogens is 3. The summed E-state index contributed by atoms with van der Waals surface area (Å²) >= 11 is 2.28. The van der Waals surface area contributed by atoms with Crippen molar-refractivity contribution in [1.29, 1.82) is 0 Å². The Morgan fingerprint density at radius 2 is 0.627 bits per heavy atom. The second-order valence-electron chi connectivity index (χ2n) is 13.9. The molecular formula is C49H40IN9. The van der Waals surface area contributed by atoms with Gasteiger partial charge in [-0.1, -0.05) is 153 Å². The van der Waals surface area contributed by atoms with Gasteiger partial charge in [0, 0.05) is 20.3 Å². The molecule has 0 spiro atoms. The lowest BCUT2D eigenvalue weighted by molar-refractivity contribution is 0.866. The van der Waals surface area contributed by atoms with Crippen LogP contribution in [0.5, 0.6) is 0 Å². The Bertz CT molecular complexity index is 2520. The summed E-state index contributed by atoms with van der Waals surface area (Å²) < 4.78 is 1.17. The molecular weight excluding hydrogens is 842 g/mol. The summed E-state index contributed by atoms with van der Waals surface area (Å²) in [5, 5.41) is 25.4. The summed E-state index contributed by atoms with van der Waals surface area (Å²) in [4.78, 5) is 14.8. The monoisotopic (exact) mass is 881 g/mol. The zero-order valence-corrected chi connectivity index (χ0v) is 35.0. The van der Waals surface area contributed by atoms with Gasteiger partial charge in [0.15, 0.2) is 17.5 Å². The van der Waals surface area contributed by atoms with Gasteiger partial charge in [-0.15, -0.1) is 0 Å². The molecule has 10 heteroatoms. The van der Waals surface area contributed by atoms with E-state index in [1.807, 2.05) is 121 Å². The van der Waals surface area contributed by atoms with Crippen molar-refractivity contribution in [3.05, 3.63) is 194 Å². The van der Waals surface area contributed by atoms with Crippen molar-refractivity contribution in [2.75, 3.05) is 0 Å². The molecule has 0 atom stereocenters. The first-order chi connectivity index (χ1) is 28.8. The molecule has 288 valence electrons. The average Bonchev–Trinajstić information content (AvgIpc) is 3.27. The summed E-state index contributed by atoms with van der Waals surface area (Å²) in [6.07, 6.45) is 10.4. The van der Waals surface area contributed by atoms with E-state index in [1.54, 1.807) is 37.3 Å². The fourth-order valence-corrected chi connectivity index (χ4v) is 6.05. The molecule has 0 bridgehead atoms. The molecule has 1 heterocycles. The average molecular weight is 882 g/mol. The molecule has 59 heavy (non-hydrogen) atoms. The van der Waals surface area contributed by atoms with E-state index >= 15 is 0 Å². The van der Waals surface area contributed by atoms with E-state index in [2.05, 4.69) is 98.2 Å². The van der Waals surface area contributed by atoms with Crippen molar-refractivity contribution in [2.45, 2.75) is 26.7 Å². The van der Waals surface area contributed by atoms with Crippen LogP contribution in [0.4, 0.5) is 0 Å². The van der Waals surface area contributed by atoms with Gasteiger partial charge in [-0.2, -0.15) is 30.6 Å². The summed E-state index contributed by atoms with van der Waals surface area (Å²) in [7, 11) is 0. The lowest BCUT2D eigenvalue weighted by Crippen LogP contribution is -2.00. The lowest BCUT2D eigenvalue weighted by Gasteiger charge is -2.09. The Morgan fingerprint density at radius 1 is 0.373 bits per heavy atom. The third-order valence-corrected chi connectivity index (χ3v) is 9.85. The Morgan fingerprint density at radius 3 is 0.915 bits per heavy atom. The Kier molecular flexibility index (Phi) is 13.6. The van der Waals surface area contributed by atoms with E-state index in [1.165, 1.54) is 14.7 Å². The summed E-state index contributed by atoms with van der Waals surface area (Å²) in [6.45, 7) is 6.42. The number of aryl methyl sites for hydroxylation is 1. The van der Waals surface area contributed by atoms with Gasteiger partial charge in [0.1, 0.15) is 0 Å². The van der Waals surface area contributed by atoms with Crippen LogP contribution in [0.15, 0.2) is 176 Å². The van der Waals surface area contributed by atoms with Crippen LogP contribution >= 0.6 is 22.6 Å². The van der Waals surface area contributed by atoms with Gasteiger partial charge in [-0.25, -0.2) is 15.0 Å². The van der Waals surface area contributed by atoms with Gasteiger partial charge in [0.05, 0.1) is 37.3 Å². The molecule has 0 saturated carbocycles. The highest BCUT2D eigenvalue weighted by Gasteiger charge is 2.13. The SMILES string of the molecule is Cc1ccc(/C=N/N=C/c2ccc(-c3nc(-c4ccc(/C=N/N=C/c5ccc(I)cc5)cc4)nc(-c4ccc(/C=N/N=C/c5ccc(C(C)C)cc5)cc4)n3)cc2)cc1. The molecule has 0 aliphatic rings. The normalized spacial score (nSPS) is 12.2. The highest BCUT2D eigenvalue weighted by Crippen LogP contribution is 2.25. The zero-order chi connectivity index (χ0) is 40.8. The van der Waals surface area contributed by atoms with Crippen LogP contribution in [0.1, 0.15) is 64.3 Å². The van der Waals surface area contributed by atoms with Gasteiger partial charge < -0.3 is 0 Å². The number of rotatable bonds is 13. The quantitative estimate of drug-likeness (QED) is 0.0653. The predicted molar refractivity (Wildman–Crippen MR) is 253 cm³/mol. The first-order valence-electron chi connectivity index (χ1n) is 19.0. The third kappa shape index (κ3) is 11.8. The maximum atomic E-state index is 4.92. The molecule has 1 aromatic heterocycles. The fourth-order valence-electron chi connectivity index (χ4n) is 5.69. The standard InChI is InChI=1S/C49H40IN9/c1-34(2)42-18-8-37(9-19-42)29-52-54-31-39-12-22-44(23-13-39)48-57-47(43-20-10-38(11-21-43)30-53-51-28-36-6-4-35(3)5-7-36)58-49(59-48)45-24-14-40(15-25-45)32-55-56-33-41-16-26-46(50)27-17-41/h4-34H,1-3H3/b51-28+,52-29+,53-30+,54-31+,55-32+,56-33+. The maximum absolute atomic E-state index is 4.92. The minimum atomic E-state index is 0.485. The molecule has 0 aliphatic carbocycles. The van der Waals surface area contributed by atoms with Crippen LogP contribution in [0, 0.1) is 10.5 Å². The second kappa shape index (κ2) is 20.0. The van der Waals surface area contributed by atoms with Crippen LogP contribution in [0.2, 0.25) is 0 Å². The summed E-state index contributed by atoms with van der Waals surface area (Å²) in [5.41, 5.74) is 10.7. The third-order valence-electron chi connectivity index (χ3n) is 9.13. The Labute approximate surface area is 358 Å². The van der Waals surface area contributed by atoms with Crippen molar-refractivity contribution < 1.29 is 0 Å². The summed E-state index contributed by atoms with van der Waals surface area (Å²) in [6, 6.07) is 48.2. The highest BCUT2D eigenvalue weighted by molar-refractivity contribution is 14.1. The molecule has 0 radical (unpaired) electrons. The number of hydrogen-bond acceptors (Lipinski definition) is 9. The van der Waals surface area contributed by atoms with Gasteiger partial charge >= 0.3 is 0 Å². The Balaban J connectivity index is 1.11. The Hall–Kier alpha value is -6.92. The number of hydrogen-bond donors (Lipinski definition) is 0. The maximum Gasteiger partial charge on any atom is 0.164 e. The number of benzene rings is 6. The largest absolute Gasteiger partial charge is 0.208 e. The van der Waals surface area contributed by atoms with Gasteiger partial charge in [0.25, 0.3) is 0 Å². The molecule has 7 rings (SSSR count). The van der Waals surface area contributed by atoms with Gasteiger partial charge in [-0.3, -0.25) is 0 Å². The van der Waals surface area contributed by atoms with E-state index in [0.717, 1.165) is 50.1 Å². The molecule has 9 nitrogen and oxygen atoms in total. The van der Waals surface area contributed by atoms with Gasteiger partial charge in [0.2, 0.25) is 0 Å². The highest BCUT2D eigenvalue weighted by atomic mass is 127. The first kappa shape index (κ1) is 40.3. The van der Waals surface area contributed by atoms with E-state index in [9.17, 15) is 0 Å². The van der Waals surface area contributed by atoms with Crippen LogP contribution in [-0.2, 0) is 0 Å².